The molecule has 0 fully saturated rings. The van der Waals surface area contributed by atoms with Crippen LogP contribution in [-0.2, 0) is 4.74 Å². The van der Waals surface area contributed by atoms with E-state index in [1.54, 1.807) is 11.7 Å². The molecule has 0 bridgehead atoms. The predicted molar refractivity (Wildman–Crippen MR) is 87.9 cm³/mol. The number of hydrogen-bond donors (Lipinski definition) is 2. The van der Waals surface area contributed by atoms with E-state index < -0.39 is 0 Å². The maximum atomic E-state index is 12.2. The molecule has 0 radical (unpaired) electrons. The number of nitrogens with one attached hydrogen (secondary N) is 1. The molecule has 0 aliphatic heterocycles. The maximum Gasteiger partial charge on any atom is 0.321 e. The fraction of sp³-hybridized carbons (Fsp3) is 0.375. The molecule has 1 heterocycles. The lowest BCUT2D eigenvalue weighted by molar-refractivity contribution is 0.0833. The third-order valence-electron chi connectivity index (χ3n) is 3.27. The van der Waals surface area contributed by atoms with Crippen LogP contribution < -0.4 is 5.32 Å². The van der Waals surface area contributed by atoms with Crippen LogP contribution in [0, 0.1) is 6.92 Å². The first-order valence-electron chi connectivity index (χ1n) is 7.44. The molecule has 124 valence electrons. The summed E-state index contributed by atoms with van der Waals surface area (Å²) < 4.78 is 6.90. The number of urea groups is 1. The van der Waals surface area contributed by atoms with E-state index >= 15 is 0 Å². The van der Waals surface area contributed by atoms with Crippen LogP contribution in [0.3, 0.4) is 0 Å². The molecule has 1 aromatic heterocycles. The van der Waals surface area contributed by atoms with Crippen molar-refractivity contribution in [2.45, 2.75) is 6.92 Å². The molecule has 2 aromatic rings. The van der Waals surface area contributed by atoms with Gasteiger partial charge < -0.3 is 20.1 Å². The second kappa shape index (κ2) is 8.30. The Kier molecular flexibility index (Phi) is 6.13. The van der Waals surface area contributed by atoms with Crippen LogP contribution >= 0.6 is 0 Å². The van der Waals surface area contributed by atoms with Crippen LogP contribution in [0.5, 0.6) is 0 Å². The van der Waals surface area contributed by atoms with Crippen molar-refractivity contribution in [3.8, 4) is 5.69 Å². The minimum Gasteiger partial charge on any atom is -0.394 e. The Hall–Kier alpha value is -2.38. The van der Waals surface area contributed by atoms with Gasteiger partial charge >= 0.3 is 6.03 Å². The molecular formula is C16H22N4O3. The quantitative estimate of drug-likeness (QED) is 0.761. The number of carbonyl (C=O) groups excluding carboxylic acids is 1. The molecule has 0 aliphatic carbocycles. The largest absolute Gasteiger partial charge is 0.394 e. The molecule has 2 N–H and O–H groups in total. The number of aliphatic hydroxyl groups excluding tert-OH is 1. The zero-order chi connectivity index (χ0) is 16.7. The number of benzene rings is 1. The van der Waals surface area contributed by atoms with Crippen LogP contribution in [0.15, 0.2) is 36.5 Å². The van der Waals surface area contributed by atoms with Gasteiger partial charge in [0, 0.05) is 19.8 Å². The summed E-state index contributed by atoms with van der Waals surface area (Å²) in [6.45, 7) is 2.99. The van der Waals surface area contributed by atoms with Crippen LogP contribution in [-0.4, -0.2) is 59.2 Å². The molecule has 0 unspecified atom stereocenters. The smallest absolute Gasteiger partial charge is 0.321 e. The van der Waals surface area contributed by atoms with E-state index in [1.807, 2.05) is 43.5 Å². The van der Waals surface area contributed by atoms with Crippen molar-refractivity contribution in [1.82, 2.24) is 14.7 Å². The number of likely N-dealkylation sites (N-methyl/N-ethyl adjacent to an activating group) is 1. The lowest BCUT2D eigenvalue weighted by atomic mass is 10.2. The van der Waals surface area contributed by atoms with Crippen LogP contribution in [0.1, 0.15) is 5.69 Å². The highest BCUT2D eigenvalue weighted by Crippen LogP contribution is 2.19. The number of para-hydroxylation sites is 2. The number of aromatic nitrogens is 2. The first-order chi connectivity index (χ1) is 11.1. The van der Waals surface area contributed by atoms with E-state index in [9.17, 15) is 4.79 Å². The lowest BCUT2D eigenvalue weighted by Crippen LogP contribution is -2.34. The third-order valence-corrected chi connectivity index (χ3v) is 3.27. The predicted octanol–water partition coefficient (Wildman–Crippen LogP) is 1.65. The highest BCUT2D eigenvalue weighted by atomic mass is 16.5. The topological polar surface area (TPSA) is 79.6 Å². The van der Waals surface area contributed by atoms with Crippen molar-refractivity contribution < 1.29 is 14.6 Å². The molecule has 0 aliphatic rings. The fourth-order valence-corrected chi connectivity index (χ4v) is 2.01. The number of nitrogens with zero attached hydrogens (tertiary/aromatic N) is 3. The van der Waals surface area contributed by atoms with Crippen LogP contribution in [0.25, 0.3) is 5.69 Å². The molecule has 2 amide bonds. The molecule has 0 atom stereocenters. The van der Waals surface area contributed by atoms with Crippen molar-refractivity contribution in [2.24, 2.45) is 0 Å². The molecule has 0 saturated heterocycles. The molecule has 0 saturated carbocycles. The van der Waals surface area contributed by atoms with E-state index in [4.69, 9.17) is 9.84 Å². The van der Waals surface area contributed by atoms with Gasteiger partial charge in [0.15, 0.2) is 0 Å². The summed E-state index contributed by atoms with van der Waals surface area (Å²) in [5, 5.41) is 15.9. The van der Waals surface area contributed by atoms with E-state index in [-0.39, 0.29) is 19.2 Å². The first-order valence-corrected chi connectivity index (χ1v) is 7.44. The van der Waals surface area contributed by atoms with E-state index in [1.165, 1.54) is 4.90 Å². The number of carbonyl (C=O) groups is 1. The number of ether oxygens (including phenoxy) is 1. The van der Waals surface area contributed by atoms with E-state index in [0.29, 0.717) is 18.8 Å². The summed E-state index contributed by atoms with van der Waals surface area (Å²) in [4.78, 5) is 13.8. The third kappa shape index (κ3) is 4.80. The number of aliphatic hydroxyl groups is 1. The SMILES string of the molecule is Cc1ccn(-c2ccccc2NC(=O)N(C)CCOCCO)n1. The summed E-state index contributed by atoms with van der Waals surface area (Å²) in [6, 6.07) is 9.17. The standard InChI is InChI=1S/C16H22N4O3/c1-13-7-8-20(18-13)15-6-4-3-5-14(15)17-16(22)19(2)9-11-23-12-10-21/h3-8,21H,9-12H2,1-2H3,(H,17,22). The van der Waals surface area contributed by atoms with Crippen LogP contribution in [0.2, 0.25) is 0 Å². The molecule has 7 nitrogen and oxygen atoms in total. The van der Waals surface area contributed by atoms with Gasteiger partial charge in [-0.05, 0) is 25.1 Å². The zero-order valence-electron chi connectivity index (χ0n) is 13.4. The number of amides is 2. The van der Waals surface area contributed by atoms with Gasteiger partial charge in [-0.1, -0.05) is 12.1 Å². The van der Waals surface area contributed by atoms with Crippen molar-refractivity contribution in [3.63, 3.8) is 0 Å². The van der Waals surface area contributed by atoms with Crippen molar-refractivity contribution >= 4 is 11.7 Å². The van der Waals surface area contributed by atoms with Crippen LogP contribution in [0.4, 0.5) is 10.5 Å². The number of anilines is 1. The lowest BCUT2D eigenvalue weighted by Gasteiger charge is -2.19. The zero-order valence-corrected chi connectivity index (χ0v) is 13.4. The Morgan fingerprint density at radius 2 is 2.13 bits per heavy atom. The minimum atomic E-state index is -0.228. The van der Waals surface area contributed by atoms with E-state index in [2.05, 4.69) is 10.4 Å². The Labute approximate surface area is 135 Å². The Bertz CT molecular complexity index is 642. The Morgan fingerprint density at radius 1 is 1.35 bits per heavy atom. The molecule has 0 spiro atoms. The van der Waals surface area contributed by atoms with Gasteiger partial charge in [-0.25, -0.2) is 9.48 Å². The normalized spacial score (nSPS) is 10.6. The molecular weight excluding hydrogens is 296 g/mol. The van der Waals surface area contributed by atoms with Gasteiger partial charge in [-0.15, -0.1) is 0 Å². The van der Waals surface area contributed by atoms with Gasteiger partial charge in [-0.3, -0.25) is 0 Å². The first kappa shape index (κ1) is 17.0. The van der Waals surface area contributed by atoms with Gasteiger partial charge in [0.2, 0.25) is 0 Å². The van der Waals surface area contributed by atoms with E-state index in [0.717, 1.165) is 11.4 Å². The minimum absolute atomic E-state index is 0.0213. The van der Waals surface area contributed by atoms with Crippen molar-refractivity contribution in [2.75, 3.05) is 38.7 Å². The average molecular weight is 318 g/mol. The molecule has 7 heteroatoms. The number of aryl methyl sites for hydroxylation is 1. The Balaban J connectivity index is 2.01. The fourth-order valence-electron chi connectivity index (χ4n) is 2.01. The number of rotatable bonds is 7. The molecule has 1 aromatic carbocycles. The Morgan fingerprint density at radius 3 is 2.83 bits per heavy atom. The van der Waals surface area contributed by atoms with Gasteiger partial charge in [0.05, 0.1) is 36.9 Å². The second-order valence-electron chi connectivity index (χ2n) is 5.11. The van der Waals surface area contributed by atoms with Crippen molar-refractivity contribution in [1.29, 1.82) is 0 Å². The molecule has 2 rings (SSSR count). The van der Waals surface area contributed by atoms with Gasteiger partial charge in [0.1, 0.15) is 0 Å². The summed E-state index contributed by atoms with van der Waals surface area (Å²) in [7, 11) is 1.69. The number of hydrogen-bond acceptors (Lipinski definition) is 4. The molecule has 23 heavy (non-hydrogen) atoms. The summed E-state index contributed by atoms with van der Waals surface area (Å²) in [5.41, 5.74) is 2.40. The van der Waals surface area contributed by atoms with Crippen molar-refractivity contribution in [3.05, 3.63) is 42.2 Å². The van der Waals surface area contributed by atoms with Gasteiger partial charge in [-0.2, -0.15) is 5.10 Å². The highest BCUT2D eigenvalue weighted by Gasteiger charge is 2.12. The monoisotopic (exact) mass is 318 g/mol. The summed E-state index contributed by atoms with van der Waals surface area (Å²) in [6.07, 6.45) is 1.85. The maximum absolute atomic E-state index is 12.2. The summed E-state index contributed by atoms with van der Waals surface area (Å²) in [5.74, 6) is 0. The second-order valence-corrected chi connectivity index (χ2v) is 5.11. The van der Waals surface area contributed by atoms with Gasteiger partial charge in [0.25, 0.3) is 0 Å². The average Bonchev–Trinajstić information content (AvgIpc) is 2.98. The highest BCUT2D eigenvalue weighted by molar-refractivity contribution is 5.91. The summed E-state index contributed by atoms with van der Waals surface area (Å²) >= 11 is 0.